The molecule has 0 N–H and O–H groups in total. The van der Waals surface area contributed by atoms with Gasteiger partial charge in [-0.1, -0.05) is 24.6 Å². The molecule has 0 bridgehead atoms. The van der Waals surface area contributed by atoms with Gasteiger partial charge in [0, 0.05) is 72.8 Å². The molecule has 4 aliphatic rings. The molecule has 2 aromatic heterocycles. The number of hydrogen-bond acceptors (Lipinski definition) is 6. The Balaban J connectivity index is 1.27. The average Bonchev–Trinajstić information content (AvgIpc) is 3.57. The quantitative estimate of drug-likeness (QED) is 0.453. The molecular formula is C32H33N5O4. The lowest BCUT2D eigenvalue weighted by atomic mass is 9.84. The van der Waals surface area contributed by atoms with Crippen LogP contribution in [0.5, 0.6) is 11.5 Å². The highest BCUT2D eigenvalue weighted by molar-refractivity contribution is 5.97. The Hall–Kier alpha value is -4.40. The van der Waals surface area contributed by atoms with Crippen LogP contribution in [-0.4, -0.2) is 69.7 Å². The second-order valence-corrected chi connectivity index (χ2v) is 11.0. The second kappa shape index (κ2) is 10.5. The zero-order valence-corrected chi connectivity index (χ0v) is 23.2. The highest BCUT2D eigenvalue weighted by Gasteiger charge is 2.35. The summed E-state index contributed by atoms with van der Waals surface area (Å²) in [6.45, 7) is 2.58. The van der Waals surface area contributed by atoms with E-state index < -0.39 is 0 Å². The summed E-state index contributed by atoms with van der Waals surface area (Å²) < 4.78 is 13.9. The normalized spacial score (nSPS) is 18.1. The van der Waals surface area contributed by atoms with E-state index in [1.807, 2.05) is 51.0 Å². The van der Waals surface area contributed by atoms with Crippen LogP contribution in [0.2, 0.25) is 0 Å². The van der Waals surface area contributed by atoms with E-state index in [-0.39, 0.29) is 24.3 Å². The number of aromatic nitrogens is 3. The summed E-state index contributed by atoms with van der Waals surface area (Å²) in [7, 11) is 1.65. The summed E-state index contributed by atoms with van der Waals surface area (Å²) in [6.07, 6.45) is 14.5. The van der Waals surface area contributed by atoms with Crippen molar-refractivity contribution >= 4 is 17.5 Å². The number of nitrogens with zero attached hydrogens (tertiary/aromatic N) is 5. The predicted molar refractivity (Wildman–Crippen MR) is 154 cm³/mol. The molecule has 41 heavy (non-hydrogen) atoms. The van der Waals surface area contributed by atoms with E-state index in [2.05, 4.69) is 17.1 Å². The van der Waals surface area contributed by atoms with E-state index in [1.54, 1.807) is 13.3 Å². The molecule has 2 amide bonds. The van der Waals surface area contributed by atoms with Gasteiger partial charge in [0.25, 0.3) is 5.91 Å². The summed E-state index contributed by atoms with van der Waals surface area (Å²) in [6, 6.07) is 7.84. The van der Waals surface area contributed by atoms with Crippen molar-refractivity contribution in [3.05, 3.63) is 66.1 Å². The monoisotopic (exact) mass is 551 g/mol. The molecule has 9 heteroatoms. The van der Waals surface area contributed by atoms with E-state index in [0.717, 1.165) is 65.7 Å². The first-order valence-corrected chi connectivity index (χ1v) is 14.4. The zero-order chi connectivity index (χ0) is 27.9. The van der Waals surface area contributed by atoms with Crippen molar-refractivity contribution in [3.8, 4) is 33.9 Å². The maximum atomic E-state index is 14.1. The second-order valence-electron chi connectivity index (χ2n) is 11.0. The van der Waals surface area contributed by atoms with E-state index in [4.69, 9.17) is 14.6 Å². The third kappa shape index (κ3) is 4.49. The molecule has 2 aliphatic carbocycles. The van der Waals surface area contributed by atoms with Crippen LogP contribution in [-0.2, 0) is 11.4 Å². The Morgan fingerprint density at radius 1 is 1.05 bits per heavy atom. The number of amides is 2. The minimum Gasteiger partial charge on any atom is -0.496 e. The van der Waals surface area contributed by atoms with Crippen molar-refractivity contribution in [1.82, 2.24) is 24.6 Å². The number of hydrogen-bond donors (Lipinski definition) is 0. The van der Waals surface area contributed by atoms with Gasteiger partial charge in [-0.25, -0.2) is 4.68 Å². The first-order chi connectivity index (χ1) is 20.1. The Morgan fingerprint density at radius 2 is 1.90 bits per heavy atom. The van der Waals surface area contributed by atoms with Gasteiger partial charge in [-0.3, -0.25) is 14.6 Å². The van der Waals surface area contributed by atoms with Gasteiger partial charge in [0.2, 0.25) is 5.91 Å². The van der Waals surface area contributed by atoms with E-state index >= 15 is 0 Å². The molecule has 0 radical (unpaired) electrons. The minimum atomic E-state index is -0.117. The van der Waals surface area contributed by atoms with Crippen LogP contribution in [0.3, 0.4) is 0 Å². The summed E-state index contributed by atoms with van der Waals surface area (Å²) in [4.78, 5) is 35.0. The Morgan fingerprint density at radius 3 is 2.63 bits per heavy atom. The lowest BCUT2D eigenvalue weighted by Crippen LogP contribution is -2.41. The number of carbonyl (C=O) groups excluding carboxylic acids is 2. The van der Waals surface area contributed by atoms with Gasteiger partial charge in [-0.15, -0.1) is 0 Å². The number of ether oxygens (including phenoxy) is 2. The van der Waals surface area contributed by atoms with Gasteiger partial charge in [-0.2, -0.15) is 5.10 Å². The largest absolute Gasteiger partial charge is 0.496 e. The number of fused-ring (bicyclic) bond motifs is 3. The molecule has 0 atom stereocenters. The van der Waals surface area contributed by atoms with Crippen molar-refractivity contribution in [3.63, 3.8) is 0 Å². The number of carbonyl (C=O) groups is 2. The first-order valence-electron chi connectivity index (χ1n) is 14.4. The average molecular weight is 552 g/mol. The maximum absolute atomic E-state index is 14.1. The molecule has 7 rings (SSSR count). The van der Waals surface area contributed by atoms with Crippen LogP contribution in [0.1, 0.15) is 48.2 Å². The highest BCUT2D eigenvalue weighted by atomic mass is 16.5. The summed E-state index contributed by atoms with van der Waals surface area (Å²) in [5, 5.41) is 4.93. The van der Waals surface area contributed by atoms with Crippen LogP contribution < -0.4 is 9.47 Å². The van der Waals surface area contributed by atoms with E-state index in [9.17, 15) is 9.59 Å². The lowest BCUT2D eigenvalue weighted by Gasteiger charge is -2.31. The minimum absolute atomic E-state index is 0.117. The third-order valence-electron chi connectivity index (χ3n) is 8.63. The van der Waals surface area contributed by atoms with E-state index in [1.165, 1.54) is 0 Å². The van der Waals surface area contributed by atoms with Crippen molar-refractivity contribution in [2.45, 2.75) is 38.7 Å². The van der Waals surface area contributed by atoms with Gasteiger partial charge in [0.05, 0.1) is 18.5 Å². The summed E-state index contributed by atoms with van der Waals surface area (Å²) >= 11 is 0. The molecule has 1 saturated heterocycles. The van der Waals surface area contributed by atoms with Crippen LogP contribution in [0.25, 0.3) is 28.1 Å². The van der Waals surface area contributed by atoms with Gasteiger partial charge < -0.3 is 19.3 Å². The van der Waals surface area contributed by atoms with Crippen molar-refractivity contribution in [2.75, 3.05) is 33.3 Å². The molecule has 9 nitrogen and oxygen atoms in total. The SMILES string of the molecule is COc1cc2c(cc1-c1cccnc1)-c1c(c(C(=O)N3CCCN(C(=O)C4CCC4)CC3)nn1C1=CCC=C1)CO2. The molecule has 210 valence electrons. The number of allylic oxidation sites excluding steroid dienone is 4. The maximum Gasteiger partial charge on any atom is 0.274 e. The number of methoxy groups -OCH3 is 1. The standard InChI is InChI=1S/C32H33N5O4/c1-40-27-18-28-25(17-24(27)22-9-5-12-33-19-22)30-26(20-41-28)29(34-37(30)23-10-2-3-11-23)32(39)36-14-6-13-35(15-16-36)31(38)21-7-4-8-21/h2,5,9-12,17-19,21H,3-4,6-8,13-16,20H2,1H3. The fourth-order valence-electron chi connectivity index (χ4n) is 6.16. The lowest BCUT2D eigenvalue weighted by molar-refractivity contribution is -0.138. The van der Waals surface area contributed by atoms with Gasteiger partial charge in [0.15, 0.2) is 5.69 Å². The van der Waals surface area contributed by atoms with Gasteiger partial charge in [-0.05, 0) is 43.9 Å². The van der Waals surface area contributed by atoms with Crippen LogP contribution >= 0.6 is 0 Å². The molecule has 2 aliphatic heterocycles. The Kier molecular flexibility index (Phi) is 6.57. The fraction of sp³-hybridized carbons (Fsp3) is 0.375. The van der Waals surface area contributed by atoms with Crippen LogP contribution in [0, 0.1) is 5.92 Å². The smallest absolute Gasteiger partial charge is 0.274 e. The molecule has 2 fully saturated rings. The topological polar surface area (TPSA) is 89.8 Å². The molecule has 4 heterocycles. The van der Waals surface area contributed by atoms with Crippen molar-refractivity contribution < 1.29 is 19.1 Å². The predicted octanol–water partition coefficient (Wildman–Crippen LogP) is 4.79. The third-order valence-corrected chi connectivity index (χ3v) is 8.63. The molecule has 0 spiro atoms. The van der Waals surface area contributed by atoms with Crippen LogP contribution in [0.4, 0.5) is 0 Å². The van der Waals surface area contributed by atoms with Gasteiger partial charge in [0.1, 0.15) is 18.1 Å². The van der Waals surface area contributed by atoms with Crippen molar-refractivity contribution in [1.29, 1.82) is 0 Å². The molecule has 1 aromatic carbocycles. The molecule has 0 unspecified atom stereocenters. The number of rotatable bonds is 5. The fourth-order valence-corrected chi connectivity index (χ4v) is 6.16. The summed E-state index contributed by atoms with van der Waals surface area (Å²) in [5.41, 5.74) is 5.63. The summed E-state index contributed by atoms with van der Waals surface area (Å²) in [5.74, 6) is 1.67. The first kappa shape index (κ1) is 25.6. The highest BCUT2D eigenvalue weighted by Crippen LogP contribution is 2.46. The number of benzene rings is 1. The molecule has 3 aromatic rings. The molecule has 1 saturated carbocycles. The van der Waals surface area contributed by atoms with Crippen molar-refractivity contribution in [2.24, 2.45) is 5.92 Å². The zero-order valence-electron chi connectivity index (χ0n) is 23.2. The van der Waals surface area contributed by atoms with E-state index in [0.29, 0.717) is 43.4 Å². The Bertz CT molecular complexity index is 1570. The Labute approximate surface area is 239 Å². The molecular weight excluding hydrogens is 518 g/mol. The number of pyridine rings is 1. The van der Waals surface area contributed by atoms with Gasteiger partial charge >= 0.3 is 0 Å². The van der Waals surface area contributed by atoms with Crippen LogP contribution in [0.15, 0.2) is 54.9 Å².